The second-order valence-corrected chi connectivity index (χ2v) is 9.56. The van der Waals surface area contributed by atoms with Crippen molar-refractivity contribution in [1.82, 2.24) is 9.80 Å². The van der Waals surface area contributed by atoms with Crippen LogP contribution in [0.4, 0.5) is 0 Å². The summed E-state index contributed by atoms with van der Waals surface area (Å²) in [5, 5.41) is 2.09. The Balaban J connectivity index is 1.52. The molecule has 6 heteroatoms. The summed E-state index contributed by atoms with van der Waals surface area (Å²) in [5.41, 5.74) is 2.26. The zero-order valence-corrected chi connectivity index (χ0v) is 18.8. The number of rotatable bonds is 7. The zero-order valence-electron chi connectivity index (χ0n) is 18.0. The number of aryl methyl sites for hydroxylation is 1. The van der Waals surface area contributed by atoms with Gasteiger partial charge in [-0.2, -0.15) is 0 Å². The van der Waals surface area contributed by atoms with Crippen molar-refractivity contribution >= 4 is 23.2 Å². The lowest BCUT2D eigenvalue weighted by molar-refractivity contribution is -0.144. The van der Waals surface area contributed by atoms with E-state index in [0.717, 1.165) is 30.6 Å². The minimum atomic E-state index is -0.128. The average molecular weight is 427 g/mol. The third-order valence-corrected chi connectivity index (χ3v) is 7.04. The lowest BCUT2D eigenvalue weighted by Crippen LogP contribution is -2.49. The highest BCUT2D eigenvalue weighted by Crippen LogP contribution is 2.35. The molecule has 1 aromatic heterocycles. The summed E-state index contributed by atoms with van der Waals surface area (Å²) < 4.78 is 6.16. The van der Waals surface area contributed by atoms with Crippen LogP contribution < -0.4 is 4.74 Å². The van der Waals surface area contributed by atoms with Crippen molar-refractivity contribution in [1.29, 1.82) is 0 Å². The van der Waals surface area contributed by atoms with Crippen molar-refractivity contribution in [2.24, 2.45) is 5.92 Å². The van der Waals surface area contributed by atoms with Gasteiger partial charge in [0, 0.05) is 23.4 Å². The fraction of sp³-hybridized carbons (Fsp3) is 0.500. The van der Waals surface area contributed by atoms with Crippen LogP contribution in [0.15, 0.2) is 35.7 Å². The van der Waals surface area contributed by atoms with Crippen LogP contribution in [0.1, 0.15) is 48.7 Å². The predicted octanol–water partition coefficient (Wildman–Crippen LogP) is 4.21. The van der Waals surface area contributed by atoms with Crippen LogP contribution in [-0.2, 0) is 16.0 Å². The Morgan fingerprint density at radius 1 is 1.23 bits per heavy atom. The van der Waals surface area contributed by atoms with Crippen molar-refractivity contribution in [3.05, 3.63) is 51.7 Å². The highest BCUT2D eigenvalue weighted by Gasteiger charge is 2.38. The Morgan fingerprint density at radius 2 is 2.00 bits per heavy atom. The van der Waals surface area contributed by atoms with E-state index in [4.69, 9.17) is 4.74 Å². The first-order chi connectivity index (χ1) is 14.5. The molecule has 1 aliphatic heterocycles. The number of ether oxygens (including phenoxy) is 1. The summed E-state index contributed by atoms with van der Waals surface area (Å²) >= 11 is 1.75. The van der Waals surface area contributed by atoms with Gasteiger partial charge < -0.3 is 14.5 Å². The van der Waals surface area contributed by atoms with E-state index in [-0.39, 0.29) is 36.4 Å². The highest BCUT2D eigenvalue weighted by atomic mass is 32.1. The molecule has 0 unspecified atom stereocenters. The second kappa shape index (κ2) is 8.80. The molecule has 1 atom stereocenters. The lowest BCUT2D eigenvalue weighted by Gasteiger charge is -2.38. The minimum absolute atomic E-state index is 0.00735. The van der Waals surface area contributed by atoms with Crippen LogP contribution >= 0.6 is 11.3 Å². The molecular weight excluding hydrogens is 396 g/mol. The van der Waals surface area contributed by atoms with Crippen LogP contribution in [0.2, 0.25) is 0 Å². The maximum Gasteiger partial charge on any atom is 0.242 e. The van der Waals surface area contributed by atoms with Crippen LogP contribution in [0.3, 0.4) is 0 Å². The summed E-state index contributed by atoms with van der Waals surface area (Å²) in [6, 6.07) is 9.95. The Labute approximate surface area is 182 Å². The topological polar surface area (TPSA) is 49.9 Å². The molecule has 1 fully saturated rings. The van der Waals surface area contributed by atoms with Gasteiger partial charge >= 0.3 is 0 Å². The molecule has 1 saturated carbocycles. The summed E-state index contributed by atoms with van der Waals surface area (Å²) in [6.45, 7) is 7.22. The first-order valence-corrected chi connectivity index (χ1v) is 11.7. The van der Waals surface area contributed by atoms with Crippen molar-refractivity contribution in [2.45, 2.75) is 52.1 Å². The van der Waals surface area contributed by atoms with E-state index in [1.54, 1.807) is 16.2 Å². The Hall–Kier alpha value is -2.34. The average Bonchev–Trinajstić information content (AvgIpc) is 3.47. The van der Waals surface area contributed by atoms with Gasteiger partial charge in [0.15, 0.2) is 0 Å². The highest BCUT2D eigenvalue weighted by molar-refractivity contribution is 7.10. The smallest absolute Gasteiger partial charge is 0.242 e. The van der Waals surface area contributed by atoms with Gasteiger partial charge in [-0.25, -0.2) is 0 Å². The van der Waals surface area contributed by atoms with E-state index in [1.807, 2.05) is 49.9 Å². The van der Waals surface area contributed by atoms with Crippen molar-refractivity contribution in [3.63, 3.8) is 0 Å². The van der Waals surface area contributed by atoms with Crippen molar-refractivity contribution < 1.29 is 14.3 Å². The fourth-order valence-corrected chi connectivity index (χ4v) is 5.01. The van der Waals surface area contributed by atoms with Gasteiger partial charge in [-0.3, -0.25) is 9.59 Å². The Morgan fingerprint density at radius 3 is 2.70 bits per heavy atom. The molecule has 0 bridgehead atoms. The van der Waals surface area contributed by atoms with Gasteiger partial charge in [-0.1, -0.05) is 18.2 Å². The molecular formula is C24H30N2O3S. The van der Waals surface area contributed by atoms with Crippen LogP contribution in [0, 0.1) is 12.8 Å². The minimum Gasteiger partial charge on any atom is -0.491 e. The number of hydrogen-bond acceptors (Lipinski definition) is 4. The number of nitrogens with zero attached hydrogens (tertiary/aromatic N) is 2. The van der Waals surface area contributed by atoms with Gasteiger partial charge in [0.1, 0.15) is 18.9 Å². The van der Waals surface area contributed by atoms with Gasteiger partial charge in [-0.15, -0.1) is 11.3 Å². The predicted molar refractivity (Wildman–Crippen MR) is 119 cm³/mol. The summed E-state index contributed by atoms with van der Waals surface area (Å²) in [7, 11) is 0. The molecule has 0 radical (unpaired) electrons. The van der Waals surface area contributed by atoms with Crippen LogP contribution in [0.25, 0.3) is 0 Å². The van der Waals surface area contributed by atoms with Crippen LogP contribution in [-0.4, -0.2) is 47.4 Å². The van der Waals surface area contributed by atoms with E-state index in [9.17, 15) is 9.59 Å². The third kappa shape index (κ3) is 4.38. The first-order valence-electron chi connectivity index (χ1n) is 10.8. The molecule has 0 saturated heterocycles. The Bertz CT molecular complexity index is 919. The number of thiophene rings is 1. The van der Waals surface area contributed by atoms with Crippen LogP contribution in [0.5, 0.6) is 5.75 Å². The van der Waals surface area contributed by atoms with Gasteiger partial charge in [0.25, 0.3) is 0 Å². The summed E-state index contributed by atoms with van der Waals surface area (Å²) in [5.74, 6) is 1.09. The van der Waals surface area contributed by atoms with E-state index in [2.05, 4.69) is 11.4 Å². The molecule has 5 nitrogen and oxygen atoms in total. The van der Waals surface area contributed by atoms with E-state index in [1.165, 1.54) is 10.4 Å². The largest absolute Gasteiger partial charge is 0.491 e. The second-order valence-electron chi connectivity index (χ2n) is 8.56. The SMILES string of the molecule is Cc1ccccc1OC[C@H]1c2ccsc2CCN1C(=O)CN(C(=O)C1CC1)C(C)C. The molecule has 2 aliphatic rings. The van der Waals surface area contributed by atoms with E-state index >= 15 is 0 Å². The molecule has 2 amide bonds. The number of carbonyl (C=O) groups excluding carboxylic acids is 2. The fourth-order valence-electron chi connectivity index (χ4n) is 4.08. The molecule has 0 N–H and O–H groups in total. The van der Waals surface area contributed by atoms with E-state index < -0.39 is 0 Å². The van der Waals surface area contributed by atoms with Gasteiger partial charge in [-0.05, 0) is 68.7 Å². The maximum absolute atomic E-state index is 13.4. The number of amides is 2. The molecule has 30 heavy (non-hydrogen) atoms. The van der Waals surface area contributed by atoms with Gasteiger partial charge in [0.2, 0.25) is 11.8 Å². The van der Waals surface area contributed by atoms with E-state index in [0.29, 0.717) is 13.2 Å². The molecule has 2 heterocycles. The number of benzene rings is 1. The molecule has 1 aliphatic carbocycles. The normalized spacial score (nSPS) is 18.3. The Kier molecular flexibility index (Phi) is 6.14. The molecule has 160 valence electrons. The zero-order chi connectivity index (χ0) is 21.3. The number of para-hydroxylation sites is 1. The molecule has 2 aromatic rings. The number of hydrogen-bond donors (Lipinski definition) is 0. The molecule has 1 aromatic carbocycles. The quantitative estimate of drug-likeness (QED) is 0.666. The standard InChI is InChI=1S/C24H30N2O3S/c1-16(2)26(24(28)18-8-9-18)14-23(27)25-12-10-22-19(11-13-30-22)20(25)15-29-21-7-5-4-6-17(21)3/h4-7,11,13,16,18,20H,8-10,12,14-15H2,1-3H3/t20-/m0/s1. The monoisotopic (exact) mass is 426 g/mol. The maximum atomic E-state index is 13.4. The number of fused-ring (bicyclic) bond motifs is 1. The molecule has 0 spiro atoms. The molecule has 4 rings (SSSR count). The van der Waals surface area contributed by atoms with Crippen molar-refractivity contribution in [2.75, 3.05) is 19.7 Å². The van der Waals surface area contributed by atoms with Crippen molar-refractivity contribution in [3.8, 4) is 5.75 Å². The summed E-state index contributed by atoms with van der Waals surface area (Å²) in [6.07, 6.45) is 2.76. The number of carbonyl (C=O) groups is 2. The summed E-state index contributed by atoms with van der Waals surface area (Å²) in [4.78, 5) is 31.0. The third-order valence-electron chi connectivity index (χ3n) is 6.04. The first kappa shape index (κ1) is 20.9. The lowest BCUT2D eigenvalue weighted by atomic mass is 10.00. The van der Waals surface area contributed by atoms with Gasteiger partial charge in [0.05, 0.1) is 6.04 Å².